The van der Waals surface area contributed by atoms with E-state index in [-0.39, 0.29) is 4.90 Å². The Morgan fingerprint density at radius 3 is 2.23 bits per heavy atom. The molecule has 1 aromatic carbocycles. The van der Waals surface area contributed by atoms with Gasteiger partial charge in [-0.15, -0.1) is 0 Å². The van der Waals surface area contributed by atoms with E-state index >= 15 is 0 Å². The van der Waals surface area contributed by atoms with Gasteiger partial charge in [-0.05, 0) is 31.2 Å². The number of anilines is 1. The maximum atomic E-state index is 10.8. The SMILES string of the molecule is CCNc1ccc(S(=O)(=O)Cl)cc1. The monoisotopic (exact) mass is 219 g/mol. The minimum Gasteiger partial charge on any atom is -0.385 e. The lowest BCUT2D eigenvalue weighted by atomic mass is 10.3. The number of halogens is 1. The summed E-state index contributed by atoms with van der Waals surface area (Å²) in [7, 11) is 1.55. The van der Waals surface area contributed by atoms with Crippen molar-refractivity contribution in [2.45, 2.75) is 11.8 Å². The number of rotatable bonds is 3. The first-order chi connectivity index (χ1) is 6.04. The van der Waals surface area contributed by atoms with Crippen molar-refractivity contribution >= 4 is 25.4 Å². The predicted octanol–water partition coefficient (Wildman–Crippen LogP) is 2.05. The fourth-order valence-electron chi connectivity index (χ4n) is 0.939. The summed E-state index contributed by atoms with van der Waals surface area (Å²) in [4.78, 5) is 0.121. The van der Waals surface area contributed by atoms with Crippen molar-refractivity contribution in [3.05, 3.63) is 24.3 Å². The maximum Gasteiger partial charge on any atom is 0.261 e. The molecule has 0 amide bonds. The van der Waals surface area contributed by atoms with Crippen LogP contribution >= 0.6 is 10.7 Å². The smallest absolute Gasteiger partial charge is 0.261 e. The number of nitrogens with one attached hydrogen (secondary N) is 1. The zero-order valence-corrected chi connectivity index (χ0v) is 8.69. The fraction of sp³-hybridized carbons (Fsp3) is 0.250. The van der Waals surface area contributed by atoms with Crippen molar-refractivity contribution < 1.29 is 8.42 Å². The minimum atomic E-state index is -3.59. The zero-order valence-electron chi connectivity index (χ0n) is 7.12. The van der Waals surface area contributed by atoms with Crippen molar-refractivity contribution in [1.29, 1.82) is 0 Å². The van der Waals surface area contributed by atoms with Gasteiger partial charge < -0.3 is 5.32 Å². The van der Waals surface area contributed by atoms with E-state index in [4.69, 9.17) is 10.7 Å². The van der Waals surface area contributed by atoms with Crippen LogP contribution in [0.15, 0.2) is 29.2 Å². The molecule has 0 aliphatic rings. The van der Waals surface area contributed by atoms with Crippen LogP contribution < -0.4 is 5.32 Å². The van der Waals surface area contributed by atoms with Crippen LogP contribution in [0.4, 0.5) is 5.69 Å². The predicted molar refractivity (Wildman–Crippen MR) is 53.6 cm³/mol. The molecule has 5 heteroatoms. The quantitative estimate of drug-likeness (QED) is 0.792. The molecule has 0 heterocycles. The molecular formula is C8H10ClNO2S. The Kier molecular flexibility index (Phi) is 3.17. The van der Waals surface area contributed by atoms with Crippen molar-refractivity contribution in [2.75, 3.05) is 11.9 Å². The van der Waals surface area contributed by atoms with Crippen LogP contribution in [0.2, 0.25) is 0 Å². The maximum absolute atomic E-state index is 10.8. The van der Waals surface area contributed by atoms with Crippen LogP contribution in [0, 0.1) is 0 Å². The Balaban J connectivity index is 2.94. The molecule has 1 N–H and O–H groups in total. The van der Waals surface area contributed by atoms with E-state index in [1.54, 1.807) is 12.1 Å². The molecule has 0 aromatic heterocycles. The second kappa shape index (κ2) is 3.98. The summed E-state index contributed by atoms with van der Waals surface area (Å²) in [5.74, 6) is 0. The van der Waals surface area contributed by atoms with Gasteiger partial charge in [0, 0.05) is 22.9 Å². The molecule has 0 fully saturated rings. The van der Waals surface area contributed by atoms with Crippen molar-refractivity contribution in [2.24, 2.45) is 0 Å². The first-order valence-electron chi connectivity index (χ1n) is 3.82. The van der Waals surface area contributed by atoms with E-state index in [0.717, 1.165) is 12.2 Å². The van der Waals surface area contributed by atoms with E-state index in [1.165, 1.54) is 12.1 Å². The van der Waals surface area contributed by atoms with Crippen molar-refractivity contribution in [1.82, 2.24) is 0 Å². The molecule has 1 aromatic rings. The van der Waals surface area contributed by atoms with Gasteiger partial charge in [-0.2, -0.15) is 0 Å². The van der Waals surface area contributed by atoms with E-state index in [2.05, 4.69) is 5.32 Å². The van der Waals surface area contributed by atoms with Gasteiger partial charge in [0.2, 0.25) is 0 Å². The lowest BCUT2D eigenvalue weighted by molar-refractivity contribution is 0.609. The van der Waals surface area contributed by atoms with E-state index in [9.17, 15) is 8.42 Å². The highest BCUT2D eigenvalue weighted by Crippen LogP contribution is 2.17. The van der Waals surface area contributed by atoms with Crippen LogP contribution in [0.25, 0.3) is 0 Å². The molecule has 3 nitrogen and oxygen atoms in total. The number of hydrogen-bond donors (Lipinski definition) is 1. The van der Waals surface area contributed by atoms with Gasteiger partial charge in [0.05, 0.1) is 4.90 Å². The molecule has 72 valence electrons. The van der Waals surface area contributed by atoms with Gasteiger partial charge in [-0.1, -0.05) is 0 Å². The van der Waals surface area contributed by atoms with E-state index in [0.29, 0.717) is 0 Å². The van der Waals surface area contributed by atoms with Gasteiger partial charge in [-0.3, -0.25) is 0 Å². The van der Waals surface area contributed by atoms with Gasteiger partial charge in [-0.25, -0.2) is 8.42 Å². The topological polar surface area (TPSA) is 46.2 Å². The summed E-state index contributed by atoms with van der Waals surface area (Å²) >= 11 is 0. The Labute approximate surface area is 82.1 Å². The van der Waals surface area contributed by atoms with Gasteiger partial charge in [0.1, 0.15) is 0 Å². The van der Waals surface area contributed by atoms with Crippen LogP contribution in [0.5, 0.6) is 0 Å². The molecule has 1 rings (SSSR count). The normalized spacial score (nSPS) is 11.2. The first-order valence-corrected chi connectivity index (χ1v) is 6.13. The van der Waals surface area contributed by atoms with Gasteiger partial charge >= 0.3 is 0 Å². The molecule has 13 heavy (non-hydrogen) atoms. The summed E-state index contributed by atoms with van der Waals surface area (Å²) < 4.78 is 21.7. The van der Waals surface area contributed by atoms with Crippen LogP contribution in [0.3, 0.4) is 0 Å². The molecule has 0 aliphatic heterocycles. The zero-order chi connectivity index (χ0) is 9.90. The Morgan fingerprint density at radius 2 is 1.85 bits per heavy atom. The Morgan fingerprint density at radius 1 is 1.31 bits per heavy atom. The molecule has 0 unspecified atom stereocenters. The first kappa shape index (κ1) is 10.3. The summed E-state index contributed by atoms with van der Waals surface area (Å²) in [6.45, 7) is 2.76. The average molecular weight is 220 g/mol. The molecule has 0 aliphatic carbocycles. The largest absolute Gasteiger partial charge is 0.385 e. The third-order valence-electron chi connectivity index (χ3n) is 1.52. The van der Waals surface area contributed by atoms with Crippen LogP contribution in [0.1, 0.15) is 6.92 Å². The average Bonchev–Trinajstić information content (AvgIpc) is 2.04. The van der Waals surface area contributed by atoms with Crippen molar-refractivity contribution in [3.63, 3.8) is 0 Å². The summed E-state index contributed by atoms with van der Waals surface area (Å²) in [6.07, 6.45) is 0. The Hall–Kier alpha value is -0.740. The number of benzene rings is 1. The summed E-state index contributed by atoms with van der Waals surface area (Å²) in [5, 5.41) is 3.05. The van der Waals surface area contributed by atoms with Crippen molar-refractivity contribution in [3.8, 4) is 0 Å². The minimum absolute atomic E-state index is 0.121. The van der Waals surface area contributed by atoms with Crippen LogP contribution in [-0.4, -0.2) is 15.0 Å². The lowest BCUT2D eigenvalue weighted by Gasteiger charge is -2.02. The molecule has 0 atom stereocenters. The molecule has 0 saturated heterocycles. The third kappa shape index (κ3) is 2.90. The highest BCUT2D eigenvalue weighted by Gasteiger charge is 2.08. The highest BCUT2D eigenvalue weighted by molar-refractivity contribution is 8.13. The molecule has 0 spiro atoms. The van der Waals surface area contributed by atoms with Gasteiger partial charge in [0.15, 0.2) is 0 Å². The van der Waals surface area contributed by atoms with Crippen LogP contribution in [-0.2, 0) is 9.05 Å². The second-order valence-electron chi connectivity index (χ2n) is 2.49. The second-order valence-corrected chi connectivity index (χ2v) is 5.06. The van der Waals surface area contributed by atoms with Gasteiger partial charge in [0.25, 0.3) is 9.05 Å². The lowest BCUT2D eigenvalue weighted by Crippen LogP contribution is -1.97. The highest BCUT2D eigenvalue weighted by atomic mass is 35.7. The molecule has 0 saturated carbocycles. The molecule has 0 bridgehead atoms. The molecular weight excluding hydrogens is 210 g/mol. The molecule has 0 radical (unpaired) electrons. The summed E-state index contributed by atoms with van der Waals surface area (Å²) in [6, 6.07) is 6.30. The van der Waals surface area contributed by atoms with E-state index < -0.39 is 9.05 Å². The van der Waals surface area contributed by atoms with E-state index in [1.807, 2.05) is 6.92 Å². The number of hydrogen-bond acceptors (Lipinski definition) is 3. The fourth-order valence-corrected chi connectivity index (χ4v) is 1.71. The Bertz CT molecular complexity index is 372. The summed E-state index contributed by atoms with van der Waals surface area (Å²) in [5.41, 5.74) is 0.881. The standard InChI is InChI=1S/C8H10ClNO2S/c1-2-10-7-3-5-8(6-4-7)13(9,11)12/h3-6,10H,2H2,1H3. The third-order valence-corrected chi connectivity index (χ3v) is 2.89.